The summed E-state index contributed by atoms with van der Waals surface area (Å²) in [5.74, 6) is 0. The molecule has 0 aliphatic carbocycles. The fourth-order valence-electron chi connectivity index (χ4n) is 0.748. The van der Waals surface area contributed by atoms with Gasteiger partial charge in [-0.2, -0.15) is 0 Å². The first-order valence-electron chi connectivity index (χ1n) is 4.12. The Labute approximate surface area is 80.6 Å². The van der Waals surface area contributed by atoms with Crippen LogP contribution in [-0.4, -0.2) is 37.1 Å². The quantitative estimate of drug-likeness (QED) is 0.397. The van der Waals surface area contributed by atoms with E-state index in [4.69, 9.17) is 12.2 Å². The molecule has 0 aromatic heterocycles. The van der Waals surface area contributed by atoms with E-state index in [0.29, 0.717) is 0 Å². The molecule has 0 aliphatic rings. The molecular weight excluding hydrogens is 168 g/mol. The van der Waals surface area contributed by atoms with Gasteiger partial charge >= 0.3 is 0 Å². The molecule has 2 nitrogen and oxygen atoms in total. The predicted molar refractivity (Wildman–Crippen MR) is 58.6 cm³/mol. The molecule has 12 heavy (non-hydrogen) atoms. The molecule has 1 N–H and O–H groups in total. The highest BCUT2D eigenvalue weighted by Gasteiger charge is 1.95. The van der Waals surface area contributed by atoms with Gasteiger partial charge in [0.1, 0.15) is 4.99 Å². The van der Waals surface area contributed by atoms with Gasteiger partial charge in [-0.1, -0.05) is 18.8 Å². The highest BCUT2D eigenvalue weighted by Crippen LogP contribution is 1.89. The average Bonchev–Trinajstić information content (AvgIpc) is 1.97. The number of hydrogen-bond acceptors (Lipinski definition) is 2. The van der Waals surface area contributed by atoms with Crippen LogP contribution in [0.3, 0.4) is 0 Å². The first-order chi connectivity index (χ1) is 5.54. The second-order valence-corrected chi connectivity index (χ2v) is 3.60. The molecule has 0 amide bonds. The summed E-state index contributed by atoms with van der Waals surface area (Å²) < 4.78 is 0. The van der Waals surface area contributed by atoms with Gasteiger partial charge in [0.2, 0.25) is 0 Å². The third-order valence-electron chi connectivity index (χ3n) is 1.46. The molecule has 0 rings (SSSR count). The molecule has 0 fully saturated rings. The topological polar surface area (TPSA) is 15.3 Å². The Balaban J connectivity index is 3.32. The van der Waals surface area contributed by atoms with Gasteiger partial charge in [-0.05, 0) is 39.6 Å². The van der Waals surface area contributed by atoms with E-state index in [2.05, 4.69) is 30.9 Å². The van der Waals surface area contributed by atoms with Gasteiger partial charge in [0, 0.05) is 6.54 Å². The van der Waals surface area contributed by atoms with Crippen molar-refractivity contribution in [1.29, 1.82) is 0 Å². The van der Waals surface area contributed by atoms with Crippen LogP contribution in [0.5, 0.6) is 0 Å². The van der Waals surface area contributed by atoms with Crippen molar-refractivity contribution in [3.8, 4) is 0 Å². The van der Waals surface area contributed by atoms with Gasteiger partial charge in [-0.25, -0.2) is 0 Å². The first kappa shape index (κ1) is 11.6. The SMILES string of the molecule is C=C(C)C(=S)NCCCN(C)C. The lowest BCUT2D eigenvalue weighted by Gasteiger charge is -2.10. The van der Waals surface area contributed by atoms with Gasteiger partial charge in [-0.15, -0.1) is 0 Å². The second-order valence-electron chi connectivity index (χ2n) is 3.19. The van der Waals surface area contributed by atoms with Gasteiger partial charge in [0.25, 0.3) is 0 Å². The average molecular weight is 186 g/mol. The fourth-order valence-corrected chi connectivity index (χ4v) is 0.850. The van der Waals surface area contributed by atoms with Crippen LogP contribution in [-0.2, 0) is 0 Å². The van der Waals surface area contributed by atoms with Gasteiger partial charge in [0.05, 0.1) is 0 Å². The third-order valence-corrected chi connectivity index (χ3v) is 1.95. The maximum absolute atomic E-state index is 5.03. The highest BCUT2D eigenvalue weighted by molar-refractivity contribution is 7.80. The molecule has 70 valence electrons. The zero-order valence-electron chi connectivity index (χ0n) is 8.18. The van der Waals surface area contributed by atoms with E-state index in [9.17, 15) is 0 Å². The number of rotatable bonds is 5. The normalized spacial score (nSPS) is 10.0. The first-order valence-corrected chi connectivity index (χ1v) is 4.53. The van der Waals surface area contributed by atoms with Crippen LogP contribution in [0.4, 0.5) is 0 Å². The van der Waals surface area contributed by atoms with Gasteiger partial charge in [0.15, 0.2) is 0 Å². The predicted octanol–water partition coefficient (Wildman–Crippen LogP) is 1.43. The van der Waals surface area contributed by atoms with E-state index < -0.39 is 0 Å². The van der Waals surface area contributed by atoms with Crippen molar-refractivity contribution in [3.63, 3.8) is 0 Å². The number of nitrogens with one attached hydrogen (secondary N) is 1. The van der Waals surface area contributed by atoms with Crippen LogP contribution in [0.2, 0.25) is 0 Å². The van der Waals surface area contributed by atoms with E-state index in [-0.39, 0.29) is 0 Å². The van der Waals surface area contributed by atoms with Gasteiger partial charge in [-0.3, -0.25) is 0 Å². The molecule has 0 bridgehead atoms. The van der Waals surface area contributed by atoms with Gasteiger partial charge < -0.3 is 10.2 Å². The summed E-state index contributed by atoms with van der Waals surface area (Å²) in [6, 6.07) is 0. The molecule has 0 aliphatic heterocycles. The maximum Gasteiger partial charge on any atom is 0.101 e. The Morgan fingerprint density at radius 1 is 1.50 bits per heavy atom. The Hall–Kier alpha value is -0.410. The fraction of sp³-hybridized carbons (Fsp3) is 0.667. The standard InChI is InChI=1S/C9H18N2S/c1-8(2)9(12)10-6-5-7-11(3)4/h1,5-7H2,2-4H3,(H,10,12). The minimum atomic E-state index is 0.786. The summed E-state index contributed by atoms with van der Waals surface area (Å²) in [4.78, 5) is 2.94. The maximum atomic E-state index is 5.03. The molecule has 0 spiro atoms. The Bertz CT molecular complexity index is 164. The third kappa shape index (κ3) is 6.31. The van der Waals surface area contributed by atoms with Crippen molar-refractivity contribution in [2.24, 2.45) is 0 Å². The molecule has 3 heteroatoms. The molecule has 0 unspecified atom stereocenters. The molecule has 0 aromatic carbocycles. The van der Waals surface area contributed by atoms with Crippen LogP contribution in [0.25, 0.3) is 0 Å². The largest absolute Gasteiger partial charge is 0.376 e. The van der Waals surface area contributed by atoms with Crippen LogP contribution >= 0.6 is 12.2 Å². The Kier molecular flexibility index (Phi) is 5.93. The molecule has 0 aromatic rings. The summed E-state index contributed by atoms with van der Waals surface area (Å²) in [6.07, 6.45) is 1.11. The Morgan fingerprint density at radius 3 is 2.50 bits per heavy atom. The molecule has 0 atom stereocenters. The van der Waals surface area contributed by atoms with Crippen LogP contribution < -0.4 is 5.32 Å². The van der Waals surface area contributed by atoms with E-state index in [1.807, 2.05) is 6.92 Å². The van der Waals surface area contributed by atoms with Crippen LogP contribution in [0, 0.1) is 0 Å². The van der Waals surface area contributed by atoms with Crippen LogP contribution in [0.15, 0.2) is 12.2 Å². The van der Waals surface area contributed by atoms with Crippen molar-refractivity contribution in [2.45, 2.75) is 13.3 Å². The lowest BCUT2D eigenvalue weighted by atomic mass is 10.3. The monoisotopic (exact) mass is 186 g/mol. The molecular formula is C9H18N2S. The van der Waals surface area contributed by atoms with Crippen molar-refractivity contribution < 1.29 is 0 Å². The zero-order chi connectivity index (χ0) is 9.56. The summed E-state index contributed by atoms with van der Waals surface area (Å²) >= 11 is 5.03. The summed E-state index contributed by atoms with van der Waals surface area (Å²) in [7, 11) is 4.13. The van der Waals surface area contributed by atoms with Crippen LogP contribution in [0.1, 0.15) is 13.3 Å². The highest BCUT2D eigenvalue weighted by atomic mass is 32.1. The molecule has 0 saturated carbocycles. The smallest absolute Gasteiger partial charge is 0.101 e. The van der Waals surface area contributed by atoms with E-state index in [0.717, 1.165) is 30.1 Å². The van der Waals surface area contributed by atoms with Crippen molar-refractivity contribution in [3.05, 3.63) is 12.2 Å². The summed E-state index contributed by atoms with van der Waals surface area (Å²) in [5, 5.41) is 3.14. The Morgan fingerprint density at radius 2 is 2.08 bits per heavy atom. The van der Waals surface area contributed by atoms with E-state index in [1.54, 1.807) is 0 Å². The van der Waals surface area contributed by atoms with Crippen molar-refractivity contribution in [2.75, 3.05) is 27.2 Å². The summed E-state index contributed by atoms with van der Waals surface area (Å²) in [6.45, 7) is 7.70. The van der Waals surface area contributed by atoms with Crippen molar-refractivity contribution >= 4 is 17.2 Å². The van der Waals surface area contributed by atoms with E-state index in [1.165, 1.54) is 0 Å². The lowest BCUT2D eigenvalue weighted by Crippen LogP contribution is -2.25. The molecule has 0 saturated heterocycles. The number of nitrogens with zero attached hydrogens (tertiary/aromatic N) is 1. The number of hydrogen-bond donors (Lipinski definition) is 1. The van der Waals surface area contributed by atoms with E-state index >= 15 is 0 Å². The minimum absolute atomic E-state index is 0.786. The second kappa shape index (κ2) is 6.14. The zero-order valence-corrected chi connectivity index (χ0v) is 9.00. The lowest BCUT2D eigenvalue weighted by molar-refractivity contribution is 0.400. The minimum Gasteiger partial charge on any atom is -0.376 e. The molecule has 0 radical (unpaired) electrons. The number of thiocarbonyl (C=S) groups is 1. The molecule has 0 heterocycles. The van der Waals surface area contributed by atoms with Crippen molar-refractivity contribution in [1.82, 2.24) is 10.2 Å². The summed E-state index contributed by atoms with van der Waals surface area (Å²) in [5.41, 5.74) is 0.940.